The predicted octanol–water partition coefficient (Wildman–Crippen LogP) is 2.39. The van der Waals surface area contributed by atoms with E-state index in [0.717, 1.165) is 37.2 Å². The molecule has 0 atom stereocenters. The van der Waals surface area contributed by atoms with Crippen LogP contribution in [0.2, 0.25) is 0 Å². The van der Waals surface area contributed by atoms with E-state index in [2.05, 4.69) is 10.2 Å². The van der Waals surface area contributed by atoms with Gasteiger partial charge in [-0.2, -0.15) is 0 Å². The van der Waals surface area contributed by atoms with E-state index in [1.54, 1.807) is 13.2 Å². The molecule has 1 aromatic carbocycles. The number of aromatic nitrogens is 2. The van der Waals surface area contributed by atoms with E-state index >= 15 is 0 Å². The predicted molar refractivity (Wildman–Crippen MR) is 79.2 cm³/mol. The average molecular weight is 283 g/mol. The van der Waals surface area contributed by atoms with Gasteiger partial charge in [-0.15, -0.1) is 10.2 Å². The Morgan fingerprint density at radius 2 is 1.95 bits per heavy atom. The second kappa shape index (κ2) is 5.91. The van der Waals surface area contributed by atoms with Crippen LogP contribution in [0.5, 0.6) is 5.88 Å². The fourth-order valence-corrected chi connectivity index (χ4v) is 2.50. The summed E-state index contributed by atoms with van der Waals surface area (Å²) >= 11 is 0. The van der Waals surface area contributed by atoms with E-state index in [0.29, 0.717) is 11.4 Å². The summed E-state index contributed by atoms with van der Waals surface area (Å²) in [4.78, 5) is 14.3. The molecule has 1 amide bonds. The van der Waals surface area contributed by atoms with Gasteiger partial charge in [0.2, 0.25) is 5.88 Å². The maximum Gasteiger partial charge on any atom is 0.253 e. The van der Waals surface area contributed by atoms with Crippen molar-refractivity contribution in [3.05, 3.63) is 42.0 Å². The summed E-state index contributed by atoms with van der Waals surface area (Å²) in [5, 5.41) is 8.08. The molecule has 108 valence electrons. The Labute approximate surface area is 123 Å². The Hall–Kier alpha value is -2.43. The van der Waals surface area contributed by atoms with Crippen molar-refractivity contribution in [2.45, 2.75) is 12.8 Å². The van der Waals surface area contributed by atoms with Crippen molar-refractivity contribution >= 4 is 5.91 Å². The first-order valence-electron chi connectivity index (χ1n) is 7.05. The highest BCUT2D eigenvalue weighted by Crippen LogP contribution is 2.21. The van der Waals surface area contributed by atoms with Crippen molar-refractivity contribution < 1.29 is 9.53 Å². The number of rotatable bonds is 3. The van der Waals surface area contributed by atoms with Crippen molar-refractivity contribution in [3.63, 3.8) is 0 Å². The summed E-state index contributed by atoms with van der Waals surface area (Å²) in [5.41, 5.74) is 2.31. The summed E-state index contributed by atoms with van der Waals surface area (Å²) in [7, 11) is 1.55. The molecular weight excluding hydrogens is 266 g/mol. The van der Waals surface area contributed by atoms with Gasteiger partial charge in [-0.1, -0.05) is 12.1 Å². The van der Waals surface area contributed by atoms with Gasteiger partial charge in [-0.25, -0.2) is 0 Å². The second-order valence-electron chi connectivity index (χ2n) is 5.04. The number of benzene rings is 1. The number of hydrogen-bond acceptors (Lipinski definition) is 4. The molecule has 0 saturated carbocycles. The van der Waals surface area contributed by atoms with Crippen molar-refractivity contribution in [2.24, 2.45) is 0 Å². The van der Waals surface area contributed by atoms with Gasteiger partial charge in [-0.05, 0) is 31.0 Å². The van der Waals surface area contributed by atoms with Crippen molar-refractivity contribution in [3.8, 4) is 17.1 Å². The first kappa shape index (κ1) is 13.5. The Balaban J connectivity index is 1.86. The molecule has 0 N–H and O–H groups in total. The fourth-order valence-electron chi connectivity index (χ4n) is 2.50. The molecule has 5 nitrogen and oxygen atoms in total. The van der Waals surface area contributed by atoms with Crippen LogP contribution in [-0.4, -0.2) is 41.2 Å². The maximum atomic E-state index is 12.4. The van der Waals surface area contributed by atoms with Gasteiger partial charge >= 0.3 is 0 Å². The van der Waals surface area contributed by atoms with E-state index in [9.17, 15) is 4.79 Å². The van der Waals surface area contributed by atoms with Gasteiger partial charge < -0.3 is 9.64 Å². The van der Waals surface area contributed by atoms with E-state index in [1.807, 2.05) is 35.2 Å². The van der Waals surface area contributed by atoms with Gasteiger partial charge in [0.1, 0.15) is 0 Å². The summed E-state index contributed by atoms with van der Waals surface area (Å²) in [5.74, 6) is 0.568. The maximum absolute atomic E-state index is 12.4. The number of carbonyl (C=O) groups excluding carboxylic acids is 1. The fraction of sp³-hybridized carbons (Fsp3) is 0.312. The Morgan fingerprint density at radius 3 is 2.62 bits per heavy atom. The Kier molecular flexibility index (Phi) is 3.81. The Bertz CT molecular complexity index is 634. The zero-order valence-corrected chi connectivity index (χ0v) is 12.0. The van der Waals surface area contributed by atoms with Gasteiger partial charge in [-0.3, -0.25) is 4.79 Å². The highest BCUT2D eigenvalue weighted by atomic mass is 16.5. The van der Waals surface area contributed by atoms with Gasteiger partial charge in [0.25, 0.3) is 5.91 Å². The zero-order valence-electron chi connectivity index (χ0n) is 12.0. The molecule has 3 rings (SSSR count). The van der Waals surface area contributed by atoms with Crippen molar-refractivity contribution in [1.82, 2.24) is 15.1 Å². The monoisotopic (exact) mass is 283 g/mol. The van der Waals surface area contributed by atoms with Gasteiger partial charge in [0.15, 0.2) is 0 Å². The highest BCUT2D eigenvalue weighted by Gasteiger charge is 2.19. The molecule has 1 fully saturated rings. The number of ether oxygens (including phenoxy) is 1. The lowest BCUT2D eigenvalue weighted by molar-refractivity contribution is 0.0793. The van der Waals surface area contributed by atoms with Crippen LogP contribution >= 0.6 is 0 Å². The van der Waals surface area contributed by atoms with Gasteiger partial charge in [0, 0.05) is 30.3 Å². The van der Waals surface area contributed by atoms with Crippen LogP contribution in [0.1, 0.15) is 23.2 Å². The molecule has 0 bridgehead atoms. The van der Waals surface area contributed by atoms with E-state index in [-0.39, 0.29) is 5.91 Å². The summed E-state index contributed by atoms with van der Waals surface area (Å²) in [6.45, 7) is 1.71. The molecule has 0 radical (unpaired) electrons. The number of likely N-dealkylation sites (tertiary alicyclic amines) is 1. The Morgan fingerprint density at radius 1 is 1.14 bits per heavy atom. The molecule has 0 aliphatic carbocycles. The SMILES string of the molecule is COc1ccc(-c2cccc(C(=O)N3CCCC3)c2)nn1. The van der Waals surface area contributed by atoms with Crippen molar-refractivity contribution in [2.75, 3.05) is 20.2 Å². The van der Waals surface area contributed by atoms with Crippen LogP contribution in [0, 0.1) is 0 Å². The molecule has 2 heterocycles. The lowest BCUT2D eigenvalue weighted by atomic mass is 10.1. The minimum atomic E-state index is 0.0934. The largest absolute Gasteiger partial charge is 0.480 e. The normalized spacial score (nSPS) is 14.2. The lowest BCUT2D eigenvalue weighted by Gasteiger charge is -2.15. The van der Waals surface area contributed by atoms with Crippen LogP contribution in [0.4, 0.5) is 0 Å². The number of amides is 1. The smallest absolute Gasteiger partial charge is 0.253 e. The highest BCUT2D eigenvalue weighted by molar-refractivity contribution is 5.95. The minimum absolute atomic E-state index is 0.0934. The zero-order chi connectivity index (χ0) is 14.7. The molecule has 1 aliphatic heterocycles. The van der Waals surface area contributed by atoms with Crippen LogP contribution in [-0.2, 0) is 0 Å². The minimum Gasteiger partial charge on any atom is -0.480 e. The third-order valence-electron chi connectivity index (χ3n) is 3.65. The molecule has 1 aromatic heterocycles. The van der Waals surface area contributed by atoms with Crippen LogP contribution in [0.15, 0.2) is 36.4 Å². The molecule has 2 aromatic rings. The van der Waals surface area contributed by atoms with Gasteiger partial charge in [0.05, 0.1) is 12.8 Å². The third-order valence-corrected chi connectivity index (χ3v) is 3.65. The van der Waals surface area contributed by atoms with E-state index in [4.69, 9.17) is 4.74 Å². The average Bonchev–Trinajstić information content (AvgIpc) is 3.09. The van der Waals surface area contributed by atoms with Crippen LogP contribution in [0.3, 0.4) is 0 Å². The molecule has 0 unspecified atom stereocenters. The lowest BCUT2D eigenvalue weighted by Crippen LogP contribution is -2.27. The second-order valence-corrected chi connectivity index (χ2v) is 5.04. The summed E-state index contributed by atoms with van der Waals surface area (Å²) < 4.78 is 5.00. The van der Waals surface area contributed by atoms with Crippen LogP contribution in [0.25, 0.3) is 11.3 Å². The number of nitrogens with zero attached hydrogens (tertiary/aromatic N) is 3. The topological polar surface area (TPSA) is 55.3 Å². The standard InChI is InChI=1S/C16H17N3O2/c1-21-15-8-7-14(17-18-15)12-5-4-6-13(11-12)16(20)19-9-2-3-10-19/h4-8,11H,2-3,9-10H2,1H3. The molecule has 5 heteroatoms. The van der Waals surface area contributed by atoms with Crippen LogP contribution < -0.4 is 4.74 Å². The van der Waals surface area contributed by atoms with E-state index < -0.39 is 0 Å². The molecule has 21 heavy (non-hydrogen) atoms. The number of methoxy groups -OCH3 is 1. The first-order valence-corrected chi connectivity index (χ1v) is 7.05. The summed E-state index contributed by atoms with van der Waals surface area (Å²) in [6, 6.07) is 11.1. The molecule has 1 aliphatic rings. The van der Waals surface area contributed by atoms with E-state index in [1.165, 1.54) is 0 Å². The van der Waals surface area contributed by atoms with Crippen molar-refractivity contribution in [1.29, 1.82) is 0 Å². The molecule has 1 saturated heterocycles. The molecule has 0 spiro atoms. The third kappa shape index (κ3) is 2.86. The number of carbonyl (C=O) groups is 1. The molecular formula is C16H17N3O2. The quantitative estimate of drug-likeness (QED) is 0.868. The summed E-state index contributed by atoms with van der Waals surface area (Å²) in [6.07, 6.45) is 2.19. The first-order chi connectivity index (χ1) is 10.3. The number of hydrogen-bond donors (Lipinski definition) is 0.